The van der Waals surface area contributed by atoms with E-state index in [1.165, 1.54) is 4.90 Å². The maximum atomic E-state index is 12.4. The molecule has 0 aliphatic heterocycles. The summed E-state index contributed by atoms with van der Waals surface area (Å²) in [5, 5.41) is 8.41. The van der Waals surface area contributed by atoms with Crippen molar-refractivity contribution in [3.8, 4) is 0 Å². The fourth-order valence-corrected chi connectivity index (χ4v) is 3.07. The van der Waals surface area contributed by atoms with Gasteiger partial charge in [-0.2, -0.15) is 0 Å². The van der Waals surface area contributed by atoms with E-state index in [9.17, 15) is 9.59 Å². The lowest BCUT2D eigenvalue weighted by Crippen LogP contribution is -2.42. The molecule has 2 N–H and O–H groups in total. The Labute approximate surface area is 169 Å². The molecule has 0 bridgehead atoms. The van der Waals surface area contributed by atoms with Gasteiger partial charge in [0.25, 0.3) is 0 Å². The molecule has 144 valence electrons. The van der Waals surface area contributed by atoms with Crippen LogP contribution in [0.2, 0.25) is 5.02 Å². The van der Waals surface area contributed by atoms with E-state index in [1.807, 2.05) is 61.5 Å². The lowest BCUT2D eigenvalue weighted by atomic mass is 10.1. The van der Waals surface area contributed by atoms with Crippen LogP contribution in [0.1, 0.15) is 18.5 Å². The first-order chi connectivity index (χ1) is 13.4. The second-order valence-corrected chi connectivity index (χ2v) is 7.09. The van der Waals surface area contributed by atoms with Crippen molar-refractivity contribution >= 4 is 40.0 Å². The summed E-state index contributed by atoms with van der Waals surface area (Å²) >= 11 is 5.89. The number of halogens is 1. The molecule has 3 aromatic carbocycles. The second kappa shape index (κ2) is 8.76. The molecule has 1 atom stereocenters. The van der Waals surface area contributed by atoms with Crippen molar-refractivity contribution in [3.63, 3.8) is 0 Å². The van der Waals surface area contributed by atoms with Crippen molar-refractivity contribution in [2.75, 3.05) is 18.9 Å². The van der Waals surface area contributed by atoms with Crippen molar-refractivity contribution in [1.82, 2.24) is 10.2 Å². The van der Waals surface area contributed by atoms with Crippen molar-refractivity contribution in [2.24, 2.45) is 0 Å². The first-order valence-corrected chi connectivity index (χ1v) is 9.36. The summed E-state index contributed by atoms with van der Waals surface area (Å²) in [5.41, 5.74) is 1.66. The molecule has 0 aromatic heterocycles. The Balaban J connectivity index is 1.58. The Morgan fingerprint density at radius 3 is 2.43 bits per heavy atom. The lowest BCUT2D eigenvalue weighted by Gasteiger charge is -2.21. The molecule has 0 heterocycles. The fraction of sp³-hybridized carbons (Fsp3) is 0.182. The van der Waals surface area contributed by atoms with E-state index in [0.717, 1.165) is 22.0 Å². The maximum Gasteiger partial charge on any atom is 0.318 e. The Morgan fingerprint density at radius 2 is 1.68 bits per heavy atom. The average molecular weight is 396 g/mol. The van der Waals surface area contributed by atoms with Gasteiger partial charge < -0.3 is 15.5 Å². The van der Waals surface area contributed by atoms with Gasteiger partial charge in [-0.3, -0.25) is 4.79 Å². The molecule has 3 aromatic rings. The molecule has 0 unspecified atom stereocenters. The van der Waals surface area contributed by atoms with Gasteiger partial charge in [0.2, 0.25) is 5.91 Å². The third kappa shape index (κ3) is 4.81. The number of rotatable bonds is 5. The molecule has 0 saturated heterocycles. The van der Waals surface area contributed by atoms with Gasteiger partial charge >= 0.3 is 6.03 Å². The Morgan fingerprint density at radius 1 is 1.00 bits per heavy atom. The van der Waals surface area contributed by atoms with Crippen molar-refractivity contribution < 1.29 is 9.59 Å². The lowest BCUT2D eigenvalue weighted by molar-refractivity contribution is -0.116. The highest BCUT2D eigenvalue weighted by molar-refractivity contribution is 6.30. The molecule has 3 amide bonds. The van der Waals surface area contributed by atoms with Gasteiger partial charge in [-0.05, 0) is 36.1 Å². The third-order valence-electron chi connectivity index (χ3n) is 4.50. The van der Waals surface area contributed by atoms with Crippen LogP contribution in [0.15, 0.2) is 66.7 Å². The quantitative estimate of drug-likeness (QED) is 0.649. The summed E-state index contributed by atoms with van der Waals surface area (Å²) in [6, 6.07) is 20.3. The zero-order chi connectivity index (χ0) is 20.1. The number of nitrogens with one attached hydrogen (secondary N) is 2. The predicted octanol–water partition coefficient (Wildman–Crippen LogP) is 4.83. The first kappa shape index (κ1) is 19.7. The summed E-state index contributed by atoms with van der Waals surface area (Å²) < 4.78 is 0. The van der Waals surface area contributed by atoms with Crippen LogP contribution in [-0.4, -0.2) is 30.4 Å². The fourth-order valence-electron chi connectivity index (χ4n) is 2.94. The smallest absolute Gasteiger partial charge is 0.318 e. The standard InChI is InChI=1S/C22H22ClN3O2/c1-15(16-10-12-18(23)13-11-16)24-22(28)26(2)14-21(27)25-20-9-5-7-17-6-3-4-8-19(17)20/h3-13,15H,14H2,1-2H3,(H,24,28)(H,25,27)/t15-/m1/s1. The third-order valence-corrected chi connectivity index (χ3v) is 4.75. The van der Waals surface area contributed by atoms with Crippen LogP contribution in [-0.2, 0) is 4.79 Å². The largest absolute Gasteiger partial charge is 0.331 e. The van der Waals surface area contributed by atoms with E-state index in [2.05, 4.69) is 10.6 Å². The molecule has 0 aliphatic carbocycles. The summed E-state index contributed by atoms with van der Waals surface area (Å²) in [6.07, 6.45) is 0. The van der Waals surface area contributed by atoms with Crippen molar-refractivity contribution in [1.29, 1.82) is 0 Å². The molecule has 0 saturated carbocycles. The summed E-state index contributed by atoms with van der Waals surface area (Å²) in [6.45, 7) is 1.83. The minimum atomic E-state index is -0.324. The maximum absolute atomic E-state index is 12.4. The zero-order valence-corrected chi connectivity index (χ0v) is 16.5. The Kier molecular flexibility index (Phi) is 6.16. The van der Waals surface area contributed by atoms with Crippen molar-refractivity contribution in [2.45, 2.75) is 13.0 Å². The van der Waals surface area contributed by atoms with Crippen LogP contribution in [0, 0.1) is 0 Å². The number of anilines is 1. The molecule has 0 aliphatic rings. The van der Waals surface area contributed by atoms with Crippen LogP contribution in [0.25, 0.3) is 10.8 Å². The van der Waals surface area contributed by atoms with Gasteiger partial charge in [-0.15, -0.1) is 0 Å². The number of amides is 3. The van der Waals surface area contributed by atoms with Crippen LogP contribution in [0.5, 0.6) is 0 Å². The highest BCUT2D eigenvalue weighted by Crippen LogP contribution is 2.23. The van der Waals surface area contributed by atoms with Crippen LogP contribution >= 0.6 is 11.6 Å². The monoisotopic (exact) mass is 395 g/mol. The normalized spacial score (nSPS) is 11.7. The Hall–Kier alpha value is -3.05. The SMILES string of the molecule is C[C@@H](NC(=O)N(C)CC(=O)Nc1cccc2ccccc12)c1ccc(Cl)cc1. The first-order valence-electron chi connectivity index (χ1n) is 8.99. The molecule has 0 radical (unpaired) electrons. The summed E-state index contributed by atoms with van der Waals surface area (Å²) in [5.74, 6) is -0.256. The van der Waals surface area contributed by atoms with Gasteiger partial charge in [0.1, 0.15) is 6.54 Å². The number of likely N-dealkylation sites (N-methyl/N-ethyl adjacent to an activating group) is 1. The number of carbonyl (C=O) groups excluding carboxylic acids is 2. The number of hydrogen-bond acceptors (Lipinski definition) is 2. The van der Waals surface area contributed by atoms with Gasteiger partial charge in [0, 0.05) is 23.1 Å². The van der Waals surface area contributed by atoms with E-state index in [-0.39, 0.29) is 24.5 Å². The molecule has 6 heteroatoms. The zero-order valence-electron chi connectivity index (χ0n) is 15.8. The topological polar surface area (TPSA) is 61.4 Å². The molecule has 0 spiro atoms. The second-order valence-electron chi connectivity index (χ2n) is 6.65. The van der Waals surface area contributed by atoms with E-state index in [4.69, 9.17) is 11.6 Å². The number of nitrogens with zero attached hydrogens (tertiary/aromatic N) is 1. The minimum Gasteiger partial charge on any atom is -0.331 e. The van der Waals surface area contributed by atoms with E-state index >= 15 is 0 Å². The van der Waals surface area contributed by atoms with Crippen LogP contribution in [0.4, 0.5) is 10.5 Å². The van der Waals surface area contributed by atoms with Crippen LogP contribution in [0.3, 0.4) is 0 Å². The number of benzene rings is 3. The van der Waals surface area contributed by atoms with Crippen molar-refractivity contribution in [3.05, 3.63) is 77.3 Å². The molecule has 0 fully saturated rings. The van der Waals surface area contributed by atoms with Gasteiger partial charge in [-0.25, -0.2) is 4.79 Å². The predicted molar refractivity (Wildman–Crippen MR) is 114 cm³/mol. The highest BCUT2D eigenvalue weighted by atomic mass is 35.5. The van der Waals surface area contributed by atoms with E-state index in [1.54, 1.807) is 19.2 Å². The number of urea groups is 1. The van der Waals surface area contributed by atoms with E-state index in [0.29, 0.717) is 5.02 Å². The van der Waals surface area contributed by atoms with E-state index < -0.39 is 0 Å². The van der Waals surface area contributed by atoms with Crippen LogP contribution < -0.4 is 10.6 Å². The number of hydrogen-bond donors (Lipinski definition) is 2. The van der Waals surface area contributed by atoms with Gasteiger partial charge in [0.15, 0.2) is 0 Å². The molecular weight excluding hydrogens is 374 g/mol. The molecule has 3 rings (SSSR count). The Bertz CT molecular complexity index is 983. The number of fused-ring (bicyclic) bond motifs is 1. The highest BCUT2D eigenvalue weighted by Gasteiger charge is 2.16. The average Bonchev–Trinajstić information content (AvgIpc) is 2.68. The summed E-state index contributed by atoms with van der Waals surface area (Å²) in [4.78, 5) is 26.2. The van der Waals surface area contributed by atoms with Gasteiger partial charge in [0.05, 0.1) is 6.04 Å². The van der Waals surface area contributed by atoms with Gasteiger partial charge in [-0.1, -0.05) is 60.1 Å². The molecule has 5 nitrogen and oxygen atoms in total. The summed E-state index contributed by atoms with van der Waals surface area (Å²) in [7, 11) is 1.59. The molecule has 28 heavy (non-hydrogen) atoms. The minimum absolute atomic E-state index is 0.0532. The molecular formula is C22H22ClN3O2. The number of carbonyl (C=O) groups is 2.